The summed E-state index contributed by atoms with van der Waals surface area (Å²) in [6, 6.07) is 8.98. The Balaban J connectivity index is 2.55. The summed E-state index contributed by atoms with van der Waals surface area (Å²) in [5.41, 5.74) is 0. The highest BCUT2D eigenvalue weighted by Crippen LogP contribution is 2.13. The summed E-state index contributed by atoms with van der Waals surface area (Å²) in [5, 5.41) is 8.91. The Kier molecular flexibility index (Phi) is 5.04. The number of ether oxygens (including phenoxy) is 1. The predicted molar refractivity (Wildman–Crippen MR) is 61.6 cm³/mol. The van der Waals surface area contributed by atoms with E-state index in [1.165, 1.54) is 0 Å². The first-order valence-electron chi connectivity index (χ1n) is 4.79. The third kappa shape index (κ3) is 4.25. The molecule has 0 aromatic heterocycles. The van der Waals surface area contributed by atoms with Gasteiger partial charge in [0.25, 0.3) is 0 Å². The lowest BCUT2D eigenvalue weighted by Gasteiger charge is -2.14. The Morgan fingerprint density at radius 1 is 1.40 bits per heavy atom. The van der Waals surface area contributed by atoms with Gasteiger partial charge in [-0.2, -0.15) is 12.6 Å². The van der Waals surface area contributed by atoms with Crippen LogP contribution in [0.1, 0.15) is 12.8 Å². The Morgan fingerprint density at radius 3 is 2.60 bits per heavy atom. The van der Waals surface area contributed by atoms with Gasteiger partial charge in [-0.05, 0) is 30.7 Å². The van der Waals surface area contributed by atoms with E-state index >= 15 is 0 Å². The lowest BCUT2D eigenvalue weighted by atomic mass is 10.2. The fraction of sp³-hybridized carbons (Fsp3) is 0.364. The molecule has 1 N–H and O–H groups in total. The average Bonchev–Trinajstić information content (AvgIpc) is 2.25. The molecule has 1 aromatic rings. The molecule has 0 heterocycles. The molecule has 1 atom stereocenters. The van der Waals surface area contributed by atoms with Crippen molar-refractivity contribution in [3.63, 3.8) is 0 Å². The summed E-state index contributed by atoms with van der Waals surface area (Å²) >= 11 is 4.04. The maximum absolute atomic E-state index is 10.9. The van der Waals surface area contributed by atoms with Gasteiger partial charge in [-0.3, -0.25) is 0 Å². The largest absolute Gasteiger partial charge is 0.479 e. The molecule has 1 aromatic carbocycles. The highest BCUT2D eigenvalue weighted by atomic mass is 32.1. The van der Waals surface area contributed by atoms with E-state index in [1.54, 1.807) is 12.1 Å². The lowest BCUT2D eigenvalue weighted by Crippen LogP contribution is -2.27. The second-order valence-corrected chi connectivity index (χ2v) is 3.57. The highest BCUT2D eigenvalue weighted by Gasteiger charge is 2.18. The molecule has 0 radical (unpaired) electrons. The minimum absolute atomic E-state index is 0.480. The lowest BCUT2D eigenvalue weighted by molar-refractivity contribution is -0.145. The van der Waals surface area contributed by atoms with Gasteiger partial charge in [0.05, 0.1) is 0 Å². The van der Waals surface area contributed by atoms with Crippen LogP contribution < -0.4 is 4.74 Å². The van der Waals surface area contributed by atoms with Gasteiger partial charge in [0.1, 0.15) is 5.75 Å². The number of carboxylic acid groups (broad SMARTS) is 1. The summed E-state index contributed by atoms with van der Waals surface area (Å²) in [7, 11) is 0. The molecule has 0 aliphatic carbocycles. The number of para-hydroxylation sites is 1. The fourth-order valence-electron chi connectivity index (χ4n) is 1.17. The van der Waals surface area contributed by atoms with E-state index in [0.717, 1.165) is 6.42 Å². The molecular formula is C11H14O3S. The molecule has 0 saturated carbocycles. The molecule has 0 aliphatic heterocycles. The molecule has 0 aliphatic rings. The third-order valence-electron chi connectivity index (χ3n) is 1.92. The molecule has 4 heteroatoms. The predicted octanol–water partition coefficient (Wildman–Crippen LogP) is 2.23. The van der Waals surface area contributed by atoms with Crippen LogP contribution in [0, 0.1) is 0 Å². The van der Waals surface area contributed by atoms with Crippen molar-refractivity contribution in [2.24, 2.45) is 0 Å². The maximum atomic E-state index is 10.9. The van der Waals surface area contributed by atoms with E-state index in [1.807, 2.05) is 18.2 Å². The van der Waals surface area contributed by atoms with Crippen molar-refractivity contribution in [1.29, 1.82) is 0 Å². The first-order valence-corrected chi connectivity index (χ1v) is 5.42. The first-order chi connectivity index (χ1) is 7.24. The van der Waals surface area contributed by atoms with Gasteiger partial charge in [0.2, 0.25) is 0 Å². The van der Waals surface area contributed by atoms with Crippen LogP contribution in [0.15, 0.2) is 30.3 Å². The van der Waals surface area contributed by atoms with E-state index in [9.17, 15) is 4.79 Å². The molecule has 0 saturated heterocycles. The van der Waals surface area contributed by atoms with Crippen LogP contribution in [0.3, 0.4) is 0 Å². The summed E-state index contributed by atoms with van der Waals surface area (Å²) in [5.74, 6) is 0.326. The minimum atomic E-state index is -0.930. The Morgan fingerprint density at radius 2 is 2.07 bits per heavy atom. The zero-order valence-corrected chi connectivity index (χ0v) is 9.19. The van der Waals surface area contributed by atoms with Crippen molar-refractivity contribution in [2.75, 3.05) is 5.75 Å². The number of thiol groups is 1. The van der Waals surface area contributed by atoms with Crippen molar-refractivity contribution in [1.82, 2.24) is 0 Å². The zero-order valence-electron chi connectivity index (χ0n) is 8.30. The monoisotopic (exact) mass is 226 g/mol. The number of carboxylic acids is 1. The third-order valence-corrected chi connectivity index (χ3v) is 2.24. The van der Waals surface area contributed by atoms with E-state index in [2.05, 4.69) is 12.6 Å². The molecule has 1 unspecified atom stereocenters. The topological polar surface area (TPSA) is 46.5 Å². The zero-order chi connectivity index (χ0) is 11.1. The Labute approximate surface area is 94.5 Å². The summed E-state index contributed by atoms with van der Waals surface area (Å²) in [6.45, 7) is 0. The molecule has 0 fully saturated rings. The van der Waals surface area contributed by atoms with Crippen molar-refractivity contribution >= 4 is 18.6 Å². The summed E-state index contributed by atoms with van der Waals surface area (Å²) in [6.07, 6.45) is 0.431. The normalized spacial score (nSPS) is 12.1. The molecular weight excluding hydrogens is 212 g/mol. The number of carbonyl (C=O) groups is 1. The van der Waals surface area contributed by atoms with Gasteiger partial charge in [0, 0.05) is 0 Å². The summed E-state index contributed by atoms with van der Waals surface area (Å²) < 4.78 is 5.34. The van der Waals surface area contributed by atoms with Gasteiger partial charge in [-0.25, -0.2) is 4.79 Å². The quantitative estimate of drug-likeness (QED) is 0.731. The van der Waals surface area contributed by atoms with E-state index < -0.39 is 12.1 Å². The van der Waals surface area contributed by atoms with Crippen molar-refractivity contribution in [3.05, 3.63) is 30.3 Å². The SMILES string of the molecule is O=C(O)C(CCCS)Oc1ccccc1. The van der Waals surface area contributed by atoms with E-state index in [0.29, 0.717) is 17.9 Å². The molecule has 0 amide bonds. The second kappa shape index (κ2) is 6.35. The molecule has 0 bridgehead atoms. The van der Waals surface area contributed by atoms with Crippen LogP contribution in [-0.4, -0.2) is 22.9 Å². The molecule has 0 spiro atoms. The van der Waals surface area contributed by atoms with Gasteiger partial charge in [0.15, 0.2) is 6.10 Å². The van der Waals surface area contributed by atoms with Crippen LogP contribution in [0.25, 0.3) is 0 Å². The van der Waals surface area contributed by atoms with Crippen molar-refractivity contribution in [2.45, 2.75) is 18.9 Å². The first kappa shape index (κ1) is 11.9. The second-order valence-electron chi connectivity index (χ2n) is 3.12. The number of hydrogen-bond donors (Lipinski definition) is 2. The van der Waals surface area contributed by atoms with Gasteiger partial charge in [-0.1, -0.05) is 18.2 Å². The number of aliphatic carboxylic acids is 1. The number of hydrogen-bond acceptors (Lipinski definition) is 3. The van der Waals surface area contributed by atoms with E-state index in [4.69, 9.17) is 9.84 Å². The van der Waals surface area contributed by atoms with E-state index in [-0.39, 0.29) is 0 Å². The smallest absolute Gasteiger partial charge is 0.344 e. The summed E-state index contributed by atoms with van der Waals surface area (Å²) in [4.78, 5) is 10.9. The average molecular weight is 226 g/mol. The Bertz CT molecular complexity index is 300. The van der Waals surface area contributed by atoms with Gasteiger partial charge >= 0.3 is 5.97 Å². The van der Waals surface area contributed by atoms with Crippen LogP contribution in [0.4, 0.5) is 0 Å². The molecule has 3 nitrogen and oxygen atoms in total. The molecule has 15 heavy (non-hydrogen) atoms. The van der Waals surface area contributed by atoms with Crippen LogP contribution >= 0.6 is 12.6 Å². The van der Waals surface area contributed by atoms with Gasteiger partial charge in [-0.15, -0.1) is 0 Å². The van der Waals surface area contributed by atoms with Gasteiger partial charge < -0.3 is 9.84 Å². The fourth-order valence-corrected chi connectivity index (χ4v) is 1.36. The minimum Gasteiger partial charge on any atom is -0.479 e. The van der Waals surface area contributed by atoms with Crippen LogP contribution in [-0.2, 0) is 4.79 Å². The number of rotatable bonds is 6. The molecule has 82 valence electrons. The van der Waals surface area contributed by atoms with Crippen LogP contribution in [0.2, 0.25) is 0 Å². The van der Waals surface area contributed by atoms with Crippen LogP contribution in [0.5, 0.6) is 5.75 Å². The maximum Gasteiger partial charge on any atom is 0.344 e. The van der Waals surface area contributed by atoms with Crippen molar-refractivity contribution in [3.8, 4) is 5.75 Å². The standard InChI is InChI=1S/C11H14O3S/c12-11(13)10(7-4-8-15)14-9-5-2-1-3-6-9/h1-3,5-6,10,15H,4,7-8H2,(H,12,13). The number of benzene rings is 1. The molecule has 1 rings (SSSR count). The van der Waals surface area contributed by atoms with Crippen molar-refractivity contribution < 1.29 is 14.6 Å². The highest BCUT2D eigenvalue weighted by molar-refractivity contribution is 7.80. The Hall–Kier alpha value is -1.16.